The molecule has 38 heavy (non-hydrogen) atoms. The molecule has 6 nitrogen and oxygen atoms in total. The van der Waals surface area contributed by atoms with Gasteiger partial charge in [-0.1, -0.05) is 54.1 Å². The molecule has 4 aromatic carbocycles. The van der Waals surface area contributed by atoms with Crippen LogP contribution in [0.5, 0.6) is 11.5 Å². The normalized spacial score (nSPS) is 11.5. The van der Waals surface area contributed by atoms with Crippen LogP contribution in [0.3, 0.4) is 0 Å². The average molecular weight is 536 g/mol. The average Bonchev–Trinajstić information content (AvgIpc) is 3.33. The van der Waals surface area contributed by atoms with Gasteiger partial charge in [-0.05, 0) is 48.5 Å². The monoisotopic (exact) mass is 535 g/mol. The van der Waals surface area contributed by atoms with E-state index >= 15 is 0 Å². The van der Waals surface area contributed by atoms with Gasteiger partial charge in [-0.2, -0.15) is 13.2 Å². The van der Waals surface area contributed by atoms with Crippen molar-refractivity contribution in [3.8, 4) is 40.0 Å². The highest BCUT2D eigenvalue weighted by molar-refractivity contribution is 6.31. The molecule has 0 aliphatic rings. The highest BCUT2D eigenvalue weighted by atomic mass is 35.5. The van der Waals surface area contributed by atoms with E-state index in [0.29, 0.717) is 11.6 Å². The van der Waals surface area contributed by atoms with Crippen LogP contribution in [0.2, 0.25) is 5.02 Å². The largest absolute Gasteiger partial charge is 0.507 e. The molecular weight excluding hydrogens is 519 g/mol. The molecule has 0 radical (unpaired) electrons. The van der Waals surface area contributed by atoms with Crippen molar-refractivity contribution in [3.05, 3.63) is 113 Å². The summed E-state index contributed by atoms with van der Waals surface area (Å²) in [6.45, 7) is 0. The first-order chi connectivity index (χ1) is 18.1. The quantitative estimate of drug-likeness (QED) is 0.239. The molecule has 0 spiro atoms. The maximum Gasteiger partial charge on any atom is 0.416 e. The van der Waals surface area contributed by atoms with Crippen molar-refractivity contribution in [2.75, 3.05) is 0 Å². The zero-order chi connectivity index (χ0) is 27.0. The van der Waals surface area contributed by atoms with Crippen LogP contribution in [-0.2, 0) is 6.18 Å². The molecule has 5 rings (SSSR count). The standard InChI is InChI=1S/C28H17ClF3N3O3/c29-18-11-13-19(25(38)16-6-2-1-3-7-16)22(15-18)35-27(21-8-4-5-9-23(21)36)33-26(34-35)20-12-10-17(14-24(20)37)28(30,31)32/h1-15,36-37H. The van der Waals surface area contributed by atoms with Gasteiger partial charge >= 0.3 is 6.18 Å². The number of halogens is 4. The maximum atomic E-state index is 13.4. The Morgan fingerprint density at radius 1 is 0.816 bits per heavy atom. The summed E-state index contributed by atoms with van der Waals surface area (Å²) in [4.78, 5) is 17.9. The number of rotatable bonds is 5. The number of carbonyl (C=O) groups excluding carboxylic acids is 1. The maximum absolute atomic E-state index is 13.4. The summed E-state index contributed by atoms with van der Waals surface area (Å²) in [6, 6.07) is 21.8. The third-order valence-corrected chi connectivity index (χ3v) is 6.02. The summed E-state index contributed by atoms with van der Waals surface area (Å²) < 4.78 is 40.7. The molecule has 0 amide bonds. The van der Waals surface area contributed by atoms with Gasteiger partial charge in [0, 0.05) is 16.1 Å². The lowest BCUT2D eigenvalue weighted by atomic mass is 10.0. The number of hydrogen-bond donors (Lipinski definition) is 2. The van der Waals surface area contributed by atoms with E-state index in [1.54, 1.807) is 54.6 Å². The Morgan fingerprint density at radius 3 is 2.21 bits per heavy atom. The van der Waals surface area contributed by atoms with E-state index in [-0.39, 0.29) is 50.6 Å². The van der Waals surface area contributed by atoms with Gasteiger partial charge in [0.15, 0.2) is 17.4 Å². The number of alkyl halides is 3. The van der Waals surface area contributed by atoms with Crippen molar-refractivity contribution in [1.29, 1.82) is 0 Å². The highest BCUT2D eigenvalue weighted by Crippen LogP contribution is 2.38. The lowest BCUT2D eigenvalue weighted by Crippen LogP contribution is -2.10. The molecule has 5 aromatic rings. The molecule has 0 aliphatic heterocycles. The smallest absolute Gasteiger partial charge is 0.416 e. The molecule has 0 fully saturated rings. The number of ketones is 1. The van der Waals surface area contributed by atoms with Gasteiger partial charge in [-0.15, -0.1) is 5.10 Å². The van der Waals surface area contributed by atoms with Crippen molar-refractivity contribution in [3.63, 3.8) is 0 Å². The molecule has 0 saturated carbocycles. The van der Waals surface area contributed by atoms with Crippen molar-refractivity contribution >= 4 is 17.4 Å². The number of carbonyl (C=O) groups is 1. The van der Waals surface area contributed by atoms with E-state index in [9.17, 15) is 28.2 Å². The number of phenols is 2. The van der Waals surface area contributed by atoms with Gasteiger partial charge in [0.25, 0.3) is 0 Å². The van der Waals surface area contributed by atoms with Gasteiger partial charge in [0.2, 0.25) is 0 Å². The Labute approximate surface area is 219 Å². The molecule has 0 bridgehead atoms. The molecule has 0 unspecified atom stereocenters. The van der Waals surface area contributed by atoms with Crippen LogP contribution in [0.4, 0.5) is 13.2 Å². The molecule has 1 aromatic heterocycles. The minimum Gasteiger partial charge on any atom is -0.507 e. The van der Waals surface area contributed by atoms with Gasteiger partial charge in [-0.25, -0.2) is 9.67 Å². The number of para-hydroxylation sites is 1. The fraction of sp³-hybridized carbons (Fsp3) is 0.0357. The van der Waals surface area contributed by atoms with Crippen LogP contribution in [0.15, 0.2) is 91.0 Å². The van der Waals surface area contributed by atoms with E-state index < -0.39 is 17.5 Å². The second-order valence-corrected chi connectivity index (χ2v) is 8.71. The van der Waals surface area contributed by atoms with Gasteiger partial charge in [0.1, 0.15) is 11.5 Å². The molecular formula is C28H17ClF3N3O3. The van der Waals surface area contributed by atoms with Gasteiger partial charge in [0.05, 0.1) is 22.4 Å². The number of nitrogens with zero attached hydrogens (tertiary/aromatic N) is 3. The summed E-state index contributed by atoms with van der Waals surface area (Å²) in [6.07, 6.45) is -4.66. The number of hydrogen-bond acceptors (Lipinski definition) is 5. The summed E-state index contributed by atoms with van der Waals surface area (Å²) in [5, 5.41) is 25.7. The number of aromatic nitrogens is 3. The lowest BCUT2D eigenvalue weighted by Gasteiger charge is -2.12. The van der Waals surface area contributed by atoms with Crippen LogP contribution in [-0.4, -0.2) is 30.8 Å². The van der Waals surface area contributed by atoms with E-state index in [1.807, 2.05) is 0 Å². The second-order valence-electron chi connectivity index (χ2n) is 8.27. The van der Waals surface area contributed by atoms with Crippen LogP contribution in [0, 0.1) is 0 Å². The van der Waals surface area contributed by atoms with Crippen LogP contribution < -0.4 is 0 Å². The lowest BCUT2D eigenvalue weighted by molar-refractivity contribution is -0.137. The predicted octanol–water partition coefficient (Wildman–Crippen LogP) is 6.92. The van der Waals surface area contributed by atoms with Crippen molar-refractivity contribution in [2.24, 2.45) is 0 Å². The van der Waals surface area contributed by atoms with Gasteiger partial charge < -0.3 is 10.2 Å². The molecule has 10 heteroatoms. The zero-order valence-electron chi connectivity index (χ0n) is 19.3. The summed E-state index contributed by atoms with van der Waals surface area (Å²) >= 11 is 6.29. The number of benzene rings is 4. The van der Waals surface area contributed by atoms with E-state index in [2.05, 4.69) is 10.1 Å². The molecule has 190 valence electrons. The summed E-state index contributed by atoms with van der Waals surface area (Å²) in [5.41, 5.74) is -0.0483. The molecule has 0 saturated heterocycles. The predicted molar refractivity (Wildman–Crippen MR) is 135 cm³/mol. The number of aromatic hydroxyl groups is 2. The van der Waals surface area contributed by atoms with Crippen LogP contribution >= 0.6 is 11.6 Å². The van der Waals surface area contributed by atoms with E-state index in [1.165, 1.54) is 22.9 Å². The minimum absolute atomic E-state index is 0.0711. The summed E-state index contributed by atoms with van der Waals surface area (Å²) in [7, 11) is 0. The fourth-order valence-electron chi connectivity index (χ4n) is 3.95. The molecule has 2 N–H and O–H groups in total. The molecule has 1 heterocycles. The van der Waals surface area contributed by atoms with Gasteiger partial charge in [-0.3, -0.25) is 4.79 Å². The Balaban J connectivity index is 1.75. The molecule has 0 aliphatic carbocycles. The first kappa shape index (κ1) is 25.0. The fourth-order valence-corrected chi connectivity index (χ4v) is 4.11. The zero-order valence-corrected chi connectivity index (χ0v) is 20.1. The van der Waals surface area contributed by atoms with Crippen LogP contribution in [0.25, 0.3) is 28.5 Å². The third kappa shape index (κ3) is 4.71. The molecule has 0 atom stereocenters. The number of phenolic OH excluding ortho intramolecular Hbond substituents is 2. The first-order valence-corrected chi connectivity index (χ1v) is 11.6. The Hall–Kier alpha value is -4.63. The topological polar surface area (TPSA) is 88.2 Å². The Bertz CT molecular complexity index is 1670. The highest BCUT2D eigenvalue weighted by Gasteiger charge is 2.32. The van der Waals surface area contributed by atoms with Crippen LogP contribution in [0.1, 0.15) is 21.5 Å². The first-order valence-electron chi connectivity index (χ1n) is 11.2. The van der Waals surface area contributed by atoms with Crippen molar-refractivity contribution in [2.45, 2.75) is 6.18 Å². The Morgan fingerprint density at radius 2 is 1.53 bits per heavy atom. The Kier molecular flexibility index (Phi) is 6.38. The summed E-state index contributed by atoms with van der Waals surface area (Å²) in [5.74, 6) is -1.24. The SMILES string of the molecule is O=C(c1ccccc1)c1ccc(Cl)cc1-n1nc(-c2ccc(C(F)(F)F)cc2O)nc1-c1ccccc1O. The second kappa shape index (κ2) is 9.68. The van der Waals surface area contributed by atoms with Crippen molar-refractivity contribution < 1.29 is 28.2 Å². The van der Waals surface area contributed by atoms with Crippen molar-refractivity contribution in [1.82, 2.24) is 14.8 Å². The van der Waals surface area contributed by atoms with E-state index in [4.69, 9.17) is 11.6 Å². The van der Waals surface area contributed by atoms with E-state index in [0.717, 1.165) is 12.1 Å². The third-order valence-electron chi connectivity index (χ3n) is 5.79. The minimum atomic E-state index is -4.66.